The fourth-order valence-corrected chi connectivity index (χ4v) is 2.21. The number of ether oxygens (including phenoxy) is 2. The Morgan fingerprint density at radius 1 is 1.44 bits per heavy atom. The van der Waals surface area contributed by atoms with Gasteiger partial charge in [0, 0.05) is 0 Å². The van der Waals surface area contributed by atoms with Gasteiger partial charge in [0.15, 0.2) is 0 Å². The monoisotopic (exact) mass is 257 g/mol. The number of hydrogen-bond acceptors (Lipinski definition) is 5. The van der Waals surface area contributed by atoms with E-state index < -0.39 is 29.6 Å². The number of esters is 2. The van der Waals surface area contributed by atoms with Gasteiger partial charge in [-0.3, -0.25) is 4.90 Å². The first kappa shape index (κ1) is 14.5. The molecule has 2 atom stereocenters. The van der Waals surface area contributed by atoms with Crippen LogP contribution in [-0.2, 0) is 19.1 Å². The molecule has 1 saturated heterocycles. The molecule has 1 heterocycles. The van der Waals surface area contributed by atoms with Crippen LogP contribution < -0.4 is 0 Å². The van der Waals surface area contributed by atoms with Crippen LogP contribution in [0.1, 0.15) is 40.5 Å². The standard InChI is InChI=1S/C12H19NO5/c1-5-7-12(4,10(15)17-6-2)13-8(3)9(14)18-11(13)16/h8H,5-7H2,1-4H3/t8-,12+/m0/s1. The van der Waals surface area contributed by atoms with Crippen molar-refractivity contribution in [2.45, 2.75) is 52.1 Å². The summed E-state index contributed by atoms with van der Waals surface area (Å²) in [5.41, 5.74) is -1.16. The van der Waals surface area contributed by atoms with E-state index in [1.807, 2.05) is 6.92 Å². The maximum absolute atomic E-state index is 12.1. The molecular formula is C12H19NO5. The SMILES string of the molecule is CCC[C@](C)(C(=O)OCC)N1C(=O)OC(=O)[C@@H]1C. The molecule has 0 N–H and O–H groups in total. The summed E-state index contributed by atoms with van der Waals surface area (Å²) in [5.74, 6) is -1.14. The highest BCUT2D eigenvalue weighted by atomic mass is 16.6. The van der Waals surface area contributed by atoms with E-state index in [0.717, 1.165) is 0 Å². The Bertz CT molecular complexity index is 367. The normalized spacial score (nSPS) is 22.7. The average molecular weight is 257 g/mol. The Balaban J connectivity index is 3.07. The molecule has 6 heteroatoms. The molecule has 0 radical (unpaired) electrons. The van der Waals surface area contributed by atoms with Gasteiger partial charge in [-0.15, -0.1) is 0 Å². The van der Waals surface area contributed by atoms with E-state index in [9.17, 15) is 14.4 Å². The van der Waals surface area contributed by atoms with Gasteiger partial charge in [0.2, 0.25) is 0 Å². The van der Waals surface area contributed by atoms with Crippen LogP contribution in [-0.4, -0.2) is 41.1 Å². The fourth-order valence-electron chi connectivity index (χ4n) is 2.21. The lowest BCUT2D eigenvalue weighted by Gasteiger charge is -2.36. The van der Waals surface area contributed by atoms with Crippen LogP contribution in [0.3, 0.4) is 0 Å². The molecule has 0 saturated carbocycles. The summed E-state index contributed by atoms with van der Waals surface area (Å²) < 4.78 is 9.55. The van der Waals surface area contributed by atoms with Crippen molar-refractivity contribution in [2.75, 3.05) is 6.61 Å². The van der Waals surface area contributed by atoms with Gasteiger partial charge in [0.05, 0.1) is 6.61 Å². The zero-order valence-corrected chi connectivity index (χ0v) is 11.2. The number of amides is 1. The summed E-state index contributed by atoms with van der Waals surface area (Å²) >= 11 is 0. The summed E-state index contributed by atoms with van der Waals surface area (Å²) in [6, 6.07) is -0.765. The molecule has 1 amide bonds. The van der Waals surface area contributed by atoms with Crippen molar-refractivity contribution in [1.82, 2.24) is 4.90 Å². The molecule has 1 aliphatic rings. The largest absolute Gasteiger partial charge is 0.464 e. The molecule has 1 fully saturated rings. The smallest absolute Gasteiger partial charge is 0.419 e. The lowest BCUT2D eigenvalue weighted by molar-refractivity contribution is -0.156. The van der Waals surface area contributed by atoms with E-state index in [-0.39, 0.29) is 6.61 Å². The minimum atomic E-state index is -1.16. The first-order valence-corrected chi connectivity index (χ1v) is 6.10. The quantitative estimate of drug-likeness (QED) is 0.551. The maximum Gasteiger partial charge on any atom is 0.419 e. The Hall–Kier alpha value is -1.59. The molecular weight excluding hydrogens is 238 g/mol. The van der Waals surface area contributed by atoms with Gasteiger partial charge >= 0.3 is 18.0 Å². The van der Waals surface area contributed by atoms with Gasteiger partial charge in [0.1, 0.15) is 11.6 Å². The summed E-state index contributed by atoms with van der Waals surface area (Å²) in [7, 11) is 0. The first-order chi connectivity index (χ1) is 8.38. The van der Waals surface area contributed by atoms with Crippen LogP contribution in [0.2, 0.25) is 0 Å². The van der Waals surface area contributed by atoms with Crippen molar-refractivity contribution < 1.29 is 23.9 Å². The van der Waals surface area contributed by atoms with E-state index in [2.05, 4.69) is 4.74 Å². The van der Waals surface area contributed by atoms with E-state index in [4.69, 9.17) is 4.74 Å². The molecule has 0 bridgehead atoms. The highest BCUT2D eigenvalue weighted by molar-refractivity contribution is 5.98. The molecule has 1 aliphatic heterocycles. The van der Waals surface area contributed by atoms with Gasteiger partial charge in [0.25, 0.3) is 0 Å². The lowest BCUT2D eigenvalue weighted by atomic mass is 9.93. The van der Waals surface area contributed by atoms with E-state index in [1.54, 1.807) is 20.8 Å². The number of carbonyl (C=O) groups excluding carboxylic acids is 3. The van der Waals surface area contributed by atoms with Gasteiger partial charge in [-0.05, 0) is 27.2 Å². The highest BCUT2D eigenvalue weighted by Gasteiger charge is 2.52. The van der Waals surface area contributed by atoms with E-state index in [1.165, 1.54) is 4.90 Å². The van der Waals surface area contributed by atoms with Gasteiger partial charge < -0.3 is 9.47 Å². The van der Waals surface area contributed by atoms with Crippen LogP contribution in [0.5, 0.6) is 0 Å². The van der Waals surface area contributed by atoms with Gasteiger partial charge in [-0.1, -0.05) is 13.3 Å². The molecule has 0 unspecified atom stereocenters. The van der Waals surface area contributed by atoms with Crippen LogP contribution in [0.25, 0.3) is 0 Å². The van der Waals surface area contributed by atoms with E-state index >= 15 is 0 Å². The first-order valence-electron chi connectivity index (χ1n) is 6.10. The van der Waals surface area contributed by atoms with Crippen molar-refractivity contribution in [3.8, 4) is 0 Å². The minimum absolute atomic E-state index is 0.226. The molecule has 0 spiro atoms. The number of nitrogens with zero attached hydrogens (tertiary/aromatic N) is 1. The Kier molecular flexibility index (Phi) is 4.32. The molecule has 1 rings (SSSR count). The Morgan fingerprint density at radius 3 is 2.44 bits per heavy atom. The third-order valence-electron chi connectivity index (χ3n) is 3.10. The summed E-state index contributed by atoms with van der Waals surface area (Å²) in [4.78, 5) is 36.3. The maximum atomic E-state index is 12.1. The fraction of sp³-hybridized carbons (Fsp3) is 0.750. The van der Waals surface area contributed by atoms with Crippen molar-refractivity contribution in [3.05, 3.63) is 0 Å². The Labute approximate surface area is 106 Å². The van der Waals surface area contributed by atoms with Crippen molar-refractivity contribution in [1.29, 1.82) is 0 Å². The van der Waals surface area contributed by atoms with Crippen molar-refractivity contribution in [3.63, 3.8) is 0 Å². The molecule has 0 aliphatic carbocycles. The topological polar surface area (TPSA) is 72.9 Å². The van der Waals surface area contributed by atoms with E-state index in [0.29, 0.717) is 12.8 Å². The number of cyclic esters (lactones) is 2. The second-order valence-corrected chi connectivity index (χ2v) is 4.48. The molecule has 0 aromatic carbocycles. The lowest BCUT2D eigenvalue weighted by Crippen LogP contribution is -2.56. The molecule has 0 aromatic rings. The number of hydrogen-bond donors (Lipinski definition) is 0. The second-order valence-electron chi connectivity index (χ2n) is 4.48. The third kappa shape index (κ3) is 2.32. The number of carbonyl (C=O) groups is 3. The van der Waals surface area contributed by atoms with Crippen molar-refractivity contribution in [2.24, 2.45) is 0 Å². The Morgan fingerprint density at radius 2 is 2.06 bits per heavy atom. The summed E-state index contributed by atoms with van der Waals surface area (Å²) in [6.07, 6.45) is 0.315. The number of rotatable bonds is 5. The van der Waals surface area contributed by atoms with Crippen LogP contribution >= 0.6 is 0 Å². The molecule has 0 aromatic heterocycles. The highest BCUT2D eigenvalue weighted by Crippen LogP contribution is 2.30. The zero-order valence-electron chi connectivity index (χ0n) is 11.2. The second kappa shape index (κ2) is 5.37. The molecule has 102 valence electrons. The predicted molar refractivity (Wildman–Crippen MR) is 62.7 cm³/mol. The zero-order chi connectivity index (χ0) is 13.9. The average Bonchev–Trinajstić information content (AvgIpc) is 2.54. The van der Waals surface area contributed by atoms with Gasteiger partial charge in [-0.25, -0.2) is 14.4 Å². The van der Waals surface area contributed by atoms with Crippen LogP contribution in [0, 0.1) is 0 Å². The van der Waals surface area contributed by atoms with Crippen molar-refractivity contribution >= 4 is 18.0 Å². The molecule has 18 heavy (non-hydrogen) atoms. The summed E-state index contributed by atoms with van der Waals surface area (Å²) in [5, 5.41) is 0. The third-order valence-corrected chi connectivity index (χ3v) is 3.10. The van der Waals surface area contributed by atoms with Gasteiger partial charge in [-0.2, -0.15) is 0 Å². The predicted octanol–water partition coefficient (Wildman–Crippen LogP) is 1.48. The van der Waals surface area contributed by atoms with Crippen LogP contribution in [0.15, 0.2) is 0 Å². The summed E-state index contributed by atoms with van der Waals surface area (Å²) in [6.45, 7) is 6.96. The minimum Gasteiger partial charge on any atom is -0.464 e. The van der Waals surface area contributed by atoms with Crippen LogP contribution in [0.4, 0.5) is 4.79 Å². The molecule has 6 nitrogen and oxygen atoms in total.